The lowest BCUT2D eigenvalue weighted by Crippen LogP contribution is -2.26. The summed E-state index contributed by atoms with van der Waals surface area (Å²) in [6, 6.07) is 13.1. The fourth-order valence-electron chi connectivity index (χ4n) is 4.83. The van der Waals surface area contributed by atoms with E-state index in [2.05, 4.69) is 64.1 Å². The summed E-state index contributed by atoms with van der Waals surface area (Å²) in [5.74, 6) is 0.786. The van der Waals surface area contributed by atoms with Gasteiger partial charge in [-0.25, -0.2) is 0 Å². The molecular weight excluding hydrogens is 436 g/mol. The van der Waals surface area contributed by atoms with Crippen molar-refractivity contribution in [3.8, 4) is 5.75 Å². The van der Waals surface area contributed by atoms with Crippen molar-refractivity contribution in [1.82, 2.24) is 0 Å². The van der Waals surface area contributed by atoms with Crippen LogP contribution in [0, 0.1) is 13.8 Å². The van der Waals surface area contributed by atoms with Crippen LogP contribution in [0.3, 0.4) is 0 Å². The van der Waals surface area contributed by atoms with Gasteiger partial charge < -0.3 is 20.1 Å². The van der Waals surface area contributed by atoms with Crippen LogP contribution in [0.25, 0.3) is 6.08 Å². The smallest absolute Gasteiger partial charge is 0.122 e. The Morgan fingerprint density at radius 2 is 1.49 bits per heavy atom. The zero-order valence-electron chi connectivity index (χ0n) is 22.6. The monoisotopic (exact) mass is 482 g/mol. The minimum absolute atomic E-state index is 0.0807. The number of aliphatic hydroxyl groups excluding tert-OH is 2. The Kier molecular flexibility index (Phi) is 11.0. The van der Waals surface area contributed by atoms with Gasteiger partial charge in [-0.15, -0.1) is 0 Å². The van der Waals surface area contributed by atoms with Crippen molar-refractivity contribution in [3.63, 3.8) is 0 Å². The molecule has 0 saturated heterocycles. The van der Waals surface area contributed by atoms with E-state index in [9.17, 15) is 10.2 Å². The third kappa shape index (κ3) is 7.19. The summed E-state index contributed by atoms with van der Waals surface area (Å²) in [4.78, 5) is 0. The Morgan fingerprint density at radius 3 is 2.00 bits per heavy atom. The molecule has 0 fully saturated rings. The molecule has 4 nitrogen and oxygen atoms in total. The maximum Gasteiger partial charge on any atom is 0.122 e. The summed E-state index contributed by atoms with van der Waals surface area (Å²) >= 11 is 0. The van der Waals surface area contributed by atoms with E-state index in [0.29, 0.717) is 25.7 Å². The molecule has 3 N–H and O–H groups in total. The second kappa shape index (κ2) is 13.2. The molecule has 0 spiro atoms. The fourth-order valence-corrected chi connectivity index (χ4v) is 4.83. The Hall–Kier alpha value is -2.14. The van der Waals surface area contributed by atoms with Crippen LogP contribution in [-0.2, 0) is 5.41 Å². The highest BCUT2D eigenvalue weighted by atomic mass is 16.5. The number of rotatable bonds is 14. The minimum atomic E-state index is -0.752. The van der Waals surface area contributed by atoms with Crippen LogP contribution in [0.1, 0.15) is 94.0 Å². The molecule has 0 saturated carbocycles. The number of benzene rings is 2. The normalized spacial score (nSPS) is 13.4. The van der Waals surface area contributed by atoms with Gasteiger partial charge in [0.05, 0.1) is 11.7 Å². The van der Waals surface area contributed by atoms with Crippen LogP contribution in [0.2, 0.25) is 0 Å². The van der Waals surface area contributed by atoms with Gasteiger partial charge in [0, 0.05) is 12.0 Å². The third-order valence-electron chi connectivity index (χ3n) is 7.68. The fraction of sp³-hybridized carbons (Fsp3) is 0.548. The first kappa shape index (κ1) is 29.1. The molecule has 0 heterocycles. The molecule has 0 bridgehead atoms. The number of ether oxygens (including phenoxy) is 1. The molecule has 0 aromatic heterocycles. The quantitative estimate of drug-likeness (QED) is 0.288. The second-order valence-corrected chi connectivity index (χ2v) is 9.82. The van der Waals surface area contributed by atoms with E-state index >= 15 is 0 Å². The predicted molar refractivity (Wildman–Crippen MR) is 146 cm³/mol. The van der Waals surface area contributed by atoms with Crippen molar-refractivity contribution in [2.75, 3.05) is 13.2 Å². The largest absolute Gasteiger partial charge is 0.491 e. The van der Waals surface area contributed by atoms with E-state index in [1.54, 1.807) is 0 Å². The van der Waals surface area contributed by atoms with Gasteiger partial charge in [0.15, 0.2) is 0 Å². The minimum Gasteiger partial charge on any atom is -0.491 e. The van der Waals surface area contributed by atoms with E-state index in [-0.39, 0.29) is 18.6 Å². The summed E-state index contributed by atoms with van der Waals surface area (Å²) in [5, 5.41) is 29.6. The Labute approximate surface area is 212 Å². The van der Waals surface area contributed by atoms with Crippen molar-refractivity contribution in [1.29, 1.82) is 0 Å². The van der Waals surface area contributed by atoms with Crippen molar-refractivity contribution in [3.05, 3.63) is 70.3 Å². The molecular formula is C31H46O4. The zero-order valence-corrected chi connectivity index (χ0v) is 22.6. The number of hydrogen-bond donors (Lipinski definition) is 3. The lowest BCUT2D eigenvalue weighted by atomic mass is 9.70. The van der Waals surface area contributed by atoms with Gasteiger partial charge in [0.2, 0.25) is 0 Å². The third-order valence-corrected chi connectivity index (χ3v) is 7.68. The maximum atomic E-state index is 10.6. The molecule has 0 amide bonds. The van der Waals surface area contributed by atoms with E-state index in [4.69, 9.17) is 9.84 Å². The van der Waals surface area contributed by atoms with Crippen LogP contribution in [0.4, 0.5) is 0 Å². The average molecular weight is 483 g/mol. The molecule has 0 radical (unpaired) electrons. The van der Waals surface area contributed by atoms with Crippen molar-refractivity contribution in [2.45, 2.75) is 97.2 Å². The van der Waals surface area contributed by atoms with Crippen LogP contribution < -0.4 is 4.74 Å². The van der Waals surface area contributed by atoms with E-state index in [0.717, 1.165) is 29.7 Å². The van der Waals surface area contributed by atoms with Crippen LogP contribution in [-0.4, -0.2) is 40.2 Å². The van der Waals surface area contributed by atoms with Gasteiger partial charge in [-0.1, -0.05) is 70.2 Å². The van der Waals surface area contributed by atoms with Gasteiger partial charge in [-0.2, -0.15) is 0 Å². The van der Waals surface area contributed by atoms with Gasteiger partial charge in [0.1, 0.15) is 12.4 Å². The van der Waals surface area contributed by atoms with E-state index in [1.165, 1.54) is 16.7 Å². The topological polar surface area (TPSA) is 69.9 Å². The molecule has 0 aliphatic carbocycles. The average Bonchev–Trinajstić information content (AvgIpc) is 2.87. The van der Waals surface area contributed by atoms with Crippen molar-refractivity contribution >= 4 is 6.08 Å². The lowest BCUT2D eigenvalue weighted by Gasteiger charge is -2.34. The highest BCUT2D eigenvalue weighted by Gasteiger charge is 2.31. The van der Waals surface area contributed by atoms with E-state index in [1.807, 2.05) is 26.0 Å². The molecule has 2 aromatic carbocycles. The molecule has 0 unspecified atom stereocenters. The molecule has 4 heteroatoms. The second-order valence-electron chi connectivity index (χ2n) is 9.82. The molecule has 35 heavy (non-hydrogen) atoms. The maximum absolute atomic E-state index is 10.6. The Morgan fingerprint density at radius 1 is 0.886 bits per heavy atom. The first-order valence-electron chi connectivity index (χ1n) is 13.2. The highest BCUT2D eigenvalue weighted by Crippen LogP contribution is 2.41. The molecule has 1 atom stereocenters. The SMILES string of the molecule is CCC(O)(/C=C/c1ccc(C(CC)(CC)c2ccc(OC[C@@H](O)CCCO)c(C)c2)cc1C)CC. The van der Waals surface area contributed by atoms with Crippen LogP contribution in [0.15, 0.2) is 42.5 Å². The Bertz CT molecular complexity index is 954. The first-order valence-corrected chi connectivity index (χ1v) is 13.2. The highest BCUT2D eigenvalue weighted by molar-refractivity contribution is 5.57. The zero-order chi connectivity index (χ0) is 26.1. The summed E-state index contributed by atoms with van der Waals surface area (Å²) in [7, 11) is 0. The van der Waals surface area contributed by atoms with Crippen LogP contribution in [0.5, 0.6) is 5.75 Å². The summed E-state index contributed by atoms with van der Waals surface area (Å²) < 4.78 is 5.88. The lowest BCUT2D eigenvalue weighted by molar-refractivity contribution is 0.0836. The van der Waals surface area contributed by atoms with Gasteiger partial charge in [0.25, 0.3) is 0 Å². The first-order chi connectivity index (χ1) is 16.7. The van der Waals surface area contributed by atoms with Gasteiger partial charge >= 0.3 is 0 Å². The molecule has 0 aliphatic heterocycles. The number of aliphatic hydroxyl groups is 3. The summed E-state index contributed by atoms with van der Waals surface area (Å²) in [6.07, 6.45) is 7.87. The molecule has 0 aliphatic rings. The Balaban J connectivity index is 2.32. The number of aryl methyl sites for hydroxylation is 2. The number of hydrogen-bond acceptors (Lipinski definition) is 4. The standard InChI is InChI=1S/C31H46O4/c1-7-30(34,8-2)18-17-25-13-14-26(20-23(25)5)31(9-3,10-4)27-15-16-29(24(6)21-27)35-22-28(33)12-11-19-32/h13-18,20-21,28,32-34H,7-12,19,22H2,1-6H3/b18-17+/t28-/m0/s1. The van der Waals surface area contributed by atoms with Crippen molar-refractivity contribution < 1.29 is 20.1 Å². The van der Waals surface area contributed by atoms with Gasteiger partial charge in [-0.3, -0.25) is 0 Å². The summed E-state index contributed by atoms with van der Waals surface area (Å²) in [5.41, 5.74) is 5.09. The van der Waals surface area contributed by atoms with Crippen molar-refractivity contribution in [2.24, 2.45) is 0 Å². The predicted octanol–water partition coefficient (Wildman–Crippen LogP) is 6.49. The molecule has 2 rings (SSSR count). The van der Waals surface area contributed by atoms with Gasteiger partial charge in [-0.05, 0) is 86.3 Å². The molecule has 2 aromatic rings. The van der Waals surface area contributed by atoms with E-state index < -0.39 is 11.7 Å². The van der Waals surface area contributed by atoms with Crippen LogP contribution >= 0.6 is 0 Å². The summed E-state index contributed by atoms with van der Waals surface area (Å²) in [6.45, 7) is 13.0. The molecule has 194 valence electrons.